The van der Waals surface area contributed by atoms with Gasteiger partial charge in [-0.3, -0.25) is 9.88 Å². The molecular formula is C14H23N3O2S. The molecule has 0 saturated carbocycles. The first-order valence-electron chi connectivity index (χ1n) is 7.07. The Kier molecular flexibility index (Phi) is 5.12. The molecule has 0 aliphatic carbocycles. The molecule has 20 heavy (non-hydrogen) atoms. The molecule has 0 aromatic carbocycles. The van der Waals surface area contributed by atoms with Crippen LogP contribution >= 0.6 is 0 Å². The smallest absolute Gasteiger partial charge is 0.153 e. The van der Waals surface area contributed by atoms with Crippen molar-refractivity contribution in [2.24, 2.45) is 0 Å². The zero-order chi connectivity index (χ0) is 14.6. The lowest BCUT2D eigenvalue weighted by Crippen LogP contribution is -2.47. The number of hydrogen-bond donors (Lipinski definition) is 1. The van der Waals surface area contributed by atoms with E-state index >= 15 is 0 Å². The molecule has 112 valence electrons. The number of aromatic nitrogens is 1. The van der Waals surface area contributed by atoms with Crippen LogP contribution in [0.15, 0.2) is 24.5 Å². The van der Waals surface area contributed by atoms with Gasteiger partial charge in [-0.05, 0) is 25.5 Å². The maximum Gasteiger partial charge on any atom is 0.153 e. The molecule has 1 unspecified atom stereocenters. The van der Waals surface area contributed by atoms with Crippen molar-refractivity contribution < 1.29 is 8.42 Å². The average Bonchev–Trinajstić information content (AvgIpc) is 2.46. The van der Waals surface area contributed by atoms with E-state index in [2.05, 4.69) is 21.3 Å². The fraction of sp³-hybridized carbons (Fsp3) is 0.643. The summed E-state index contributed by atoms with van der Waals surface area (Å²) in [7, 11) is -2.98. The van der Waals surface area contributed by atoms with E-state index in [0.717, 1.165) is 25.2 Å². The summed E-state index contributed by atoms with van der Waals surface area (Å²) in [5, 5.41) is 3.06. The number of sulfone groups is 1. The van der Waals surface area contributed by atoms with Gasteiger partial charge in [0.15, 0.2) is 9.84 Å². The molecule has 1 atom stereocenters. The zero-order valence-electron chi connectivity index (χ0n) is 12.1. The Balaban J connectivity index is 2.05. The van der Waals surface area contributed by atoms with Gasteiger partial charge in [0, 0.05) is 44.6 Å². The van der Waals surface area contributed by atoms with Crippen molar-refractivity contribution in [3.63, 3.8) is 0 Å². The van der Waals surface area contributed by atoms with Crippen molar-refractivity contribution in [2.45, 2.75) is 25.1 Å². The first kappa shape index (κ1) is 15.4. The summed E-state index contributed by atoms with van der Waals surface area (Å²) in [4.78, 5) is 6.40. The molecule has 6 heteroatoms. The van der Waals surface area contributed by atoms with E-state index in [-0.39, 0.29) is 17.0 Å². The largest absolute Gasteiger partial charge is 0.314 e. The Hall–Kier alpha value is -0.980. The summed E-state index contributed by atoms with van der Waals surface area (Å²) >= 11 is 0. The number of piperazine rings is 1. The fourth-order valence-electron chi connectivity index (χ4n) is 2.40. The normalized spacial score (nSPS) is 21.2. The topological polar surface area (TPSA) is 62.3 Å². The second-order valence-corrected chi connectivity index (χ2v) is 8.13. The summed E-state index contributed by atoms with van der Waals surface area (Å²) in [6.45, 7) is 6.68. The van der Waals surface area contributed by atoms with Crippen LogP contribution in [-0.2, 0) is 9.84 Å². The highest BCUT2D eigenvalue weighted by molar-refractivity contribution is 7.92. The summed E-state index contributed by atoms with van der Waals surface area (Å²) in [5.74, 6) is 0.224. The van der Waals surface area contributed by atoms with Crippen molar-refractivity contribution >= 4 is 9.84 Å². The van der Waals surface area contributed by atoms with Gasteiger partial charge in [0.1, 0.15) is 0 Å². The SMILES string of the molecule is CC(C)S(=O)(=O)CCN1CCNCC1c1cccnc1. The van der Waals surface area contributed by atoms with Crippen LogP contribution in [0.4, 0.5) is 0 Å². The van der Waals surface area contributed by atoms with Crippen LogP contribution < -0.4 is 5.32 Å². The van der Waals surface area contributed by atoms with E-state index in [0.29, 0.717) is 6.54 Å². The monoisotopic (exact) mass is 297 g/mol. The maximum atomic E-state index is 12.0. The molecule has 1 fully saturated rings. The molecule has 1 aromatic heterocycles. The van der Waals surface area contributed by atoms with Crippen LogP contribution in [0.1, 0.15) is 25.5 Å². The van der Waals surface area contributed by atoms with Crippen molar-refractivity contribution in [3.05, 3.63) is 30.1 Å². The van der Waals surface area contributed by atoms with Crippen molar-refractivity contribution in [3.8, 4) is 0 Å². The van der Waals surface area contributed by atoms with E-state index in [9.17, 15) is 8.42 Å². The molecule has 1 saturated heterocycles. The van der Waals surface area contributed by atoms with Gasteiger partial charge in [-0.2, -0.15) is 0 Å². The van der Waals surface area contributed by atoms with Gasteiger partial charge in [0.05, 0.1) is 11.0 Å². The summed E-state index contributed by atoms with van der Waals surface area (Å²) in [5.41, 5.74) is 1.14. The molecule has 2 rings (SSSR count). The lowest BCUT2D eigenvalue weighted by molar-refractivity contribution is 0.171. The van der Waals surface area contributed by atoms with Crippen LogP contribution in [0.25, 0.3) is 0 Å². The Morgan fingerprint density at radius 2 is 2.30 bits per heavy atom. The third kappa shape index (κ3) is 3.77. The van der Waals surface area contributed by atoms with Gasteiger partial charge in [-0.15, -0.1) is 0 Å². The van der Waals surface area contributed by atoms with Crippen molar-refractivity contribution in [1.82, 2.24) is 15.2 Å². The minimum absolute atomic E-state index is 0.208. The molecule has 0 amide bonds. The third-order valence-corrected chi connectivity index (χ3v) is 5.99. The highest BCUT2D eigenvalue weighted by Crippen LogP contribution is 2.21. The highest BCUT2D eigenvalue weighted by atomic mass is 32.2. The number of hydrogen-bond acceptors (Lipinski definition) is 5. The maximum absolute atomic E-state index is 12.0. The molecule has 0 spiro atoms. The van der Waals surface area contributed by atoms with E-state index in [1.807, 2.05) is 12.3 Å². The van der Waals surface area contributed by atoms with Crippen LogP contribution in [0.5, 0.6) is 0 Å². The van der Waals surface area contributed by atoms with Gasteiger partial charge < -0.3 is 5.32 Å². The number of nitrogens with zero attached hydrogens (tertiary/aromatic N) is 2. The molecule has 0 radical (unpaired) electrons. The highest BCUT2D eigenvalue weighted by Gasteiger charge is 2.26. The van der Waals surface area contributed by atoms with Crippen molar-refractivity contribution in [1.29, 1.82) is 0 Å². The van der Waals surface area contributed by atoms with Crippen molar-refractivity contribution in [2.75, 3.05) is 31.9 Å². The molecular weight excluding hydrogens is 274 g/mol. The predicted molar refractivity (Wildman–Crippen MR) is 80.3 cm³/mol. The van der Waals surface area contributed by atoms with Gasteiger partial charge in [0.2, 0.25) is 0 Å². The molecule has 1 aliphatic heterocycles. The van der Waals surface area contributed by atoms with Crippen LogP contribution in [0.2, 0.25) is 0 Å². The number of pyridine rings is 1. The Labute approximate surface area is 121 Å². The van der Waals surface area contributed by atoms with Gasteiger partial charge >= 0.3 is 0 Å². The summed E-state index contributed by atoms with van der Waals surface area (Å²) in [6, 6.07) is 4.18. The first-order chi connectivity index (χ1) is 9.50. The van der Waals surface area contributed by atoms with Gasteiger partial charge in [0.25, 0.3) is 0 Å². The summed E-state index contributed by atoms with van der Waals surface area (Å²) in [6.07, 6.45) is 3.62. The van der Waals surface area contributed by atoms with Crippen LogP contribution in [0, 0.1) is 0 Å². The minimum Gasteiger partial charge on any atom is -0.314 e. The Bertz CT molecular complexity index is 516. The van der Waals surface area contributed by atoms with Crippen LogP contribution in [-0.4, -0.2) is 55.5 Å². The standard InChI is InChI=1S/C14H23N3O2S/c1-12(2)20(18,19)9-8-17-7-6-16-11-14(17)13-4-3-5-15-10-13/h3-5,10,12,14,16H,6-9,11H2,1-2H3. The lowest BCUT2D eigenvalue weighted by Gasteiger charge is -2.36. The minimum atomic E-state index is -2.98. The predicted octanol–water partition coefficient (Wildman–Crippen LogP) is 0.851. The molecule has 1 N–H and O–H groups in total. The van der Waals surface area contributed by atoms with E-state index in [1.54, 1.807) is 20.0 Å². The molecule has 5 nitrogen and oxygen atoms in total. The van der Waals surface area contributed by atoms with E-state index in [1.165, 1.54) is 0 Å². The Morgan fingerprint density at radius 1 is 1.50 bits per heavy atom. The lowest BCUT2D eigenvalue weighted by atomic mass is 10.1. The van der Waals surface area contributed by atoms with E-state index in [4.69, 9.17) is 0 Å². The molecule has 0 bridgehead atoms. The zero-order valence-corrected chi connectivity index (χ0v) is 12.9. The fourth-order valence-corrected chi connectivity index (χ4v) is 3.36. The molecule has 1 aliphatic rings. The summed E-state index contributed by atoms with van der Waals surface area (Å²) < 4.78 is 23.9. The molecule has 2 heterocycles. The first-order valence-corrected chi connectivity index (χ1v) is 8.78. The van der Waals surface area contributed by atoms with E-state index < -0.39 is 9.84 Å². The Morgan fingerprint density at radius 3 is 2.95 bits per heavy atom. The quantitative estimate of drug-likeness (QED) is 0.873. The molecule has 1 aromatic rings. The van der Waals surface area contributed by atoms with Gasteiger partial charge in [-0.25, -0.2) is 8.42 Å². The second kappa shape index (κ2) is 6.65. The number of nitrogens with one attached hydrogen (secondary N) is 1. The number of rotatable bonds is 5. The third-order valence-electron chi connectivity index (χ3n) is 3.80. The van der Waals surface area contributed by atoms with Gasteiger partial charge in [-0.1, -0.05) is 6.07 Å². The average molecular weight is 297 g/mol. The van der Waals surface area contributed by atoms with Crippen LogP contribution in [0.3, 0.4) is 0 Å². The second-order valence-electron chi connectivity index (χ2n) is 5.46.